The normalized spacial score (nSPS) is 15.2. The number of hydrogen-bond donors (Lipinski definition) is 2. The summed E-state index contributed by atoms with van der Waals surface area (Å²) in [6.45, 7) is 0.882. The number of cyclic esters (lactones) is 2. The van der Waals surface area contributed by atoms with E-state index in [0.29, 0.717) is 13.2 Å². The van der Waals surface area contributed by atoms with Crippen LogP contribution in [-0.4, -0.2) is 47.3 Å². The Bertz CT molecular complexity index is 538. The number of carbonyl (C=O) groups excluding carboxylic acids is 2. The van der Waals surface area contributed by atoms with Crippen molar-refractivity contribution >= 4 is 23.9 Å². The standard InChI is InChI=1S/C8H12O4.C8H6O4/c9-7-3-4-8(10)12-6-2-1-5-11-7;9-7(10)5-1-2-6(4-3-5)8(11)12/h1-6H2;1-4H,(H,9,10)(H,11,12). The van der Waals surface area contributed by atoms with Gasteiger partial charge >= 0.3 is 23.9 Å². The average molecular weight is 338 g/mol. The first kappa shape index (κ1) is 19.1. The van der Waals surface area contributed by atoms with E-state index in [2.05, 4.69) is 0 Å². The molecule has 8 heteroatoms. The zero-order valence-electron chi connectivity index (χ0n) is 12.9. The van der Waals surface area contributed by atoms with Crippen LogP contribution in [0.25, 0.3) is 0 Å². The molecular weight excluding hydrogens is 320 g/mol. The van der Waals surface area contributed by atoms with E-state index < -0.39 is 11.9 Å². The third kappa shape index (κ3) is 7.39. The Kier molecular flexibility index (Phi) is 7.97. The molecule has 1 heterocycles. The molecule has 2 N–H and O–H groups in total. The van der Waals surface area contributed by atoms with Gasteiger partial charge in [-0.05, 0) is 37.1 Å². The number of carbonyl (C=O) groups is 4. The van der Waals surface area contributed by atoms with Crippen LogP contribution in [0.4, 0.5) is 0 Å². The van der Waals surface area contributed by atoms with Crippen LogP contribution >= 0.6 is 0 Å². The summed E-state index contributed by atoms with van der Waals surface area (Å²) in [5.74, 6) is -2.75. The Hall–Kier alpha value is -2.90. The van der Waals surface area contributed by atoms with E-state index in [1.807, 2.05) is 0 Å². The minimum Gasteiger partial charge on any atom is -0.478 e. The van der Waals surface area contributed by atoms with Gasteiger partial charge in [-0.25, -0.2) is 9.59 Å². The summed E-state index contributed by atoms with van der Waals surface area (Å²) in [4.78, 5) is 42.3. The molecule has 24 heavy (non-hydrogen) atoms. The molecule has 1 fully saturated rings. The fraction of sp³-hybridized carbons (Fsp3) is 0.375. The molecule has 0 saturated carbocycles. The summed E-state index contributed by atoms with van der Waals surface area (Å²) in [6, 6.07) is 5.02. The molecule has 0 unspecified atom stereocenters. The molecule has 0 aromatic heterocycles. The lowest BCUT2D eigenvalue weighted by Gasteiger charge is -2.08. The summed E-state index contributed by atoms with van der Waals surface area (Å²) in [7, 11) is 0. The number of carboxylic acids is 2. The van der Waals surface area contributed by atoms with E-state index >= 15 is 0 Å². The predicted molar refractivity (Wildman–Crippen MR) is 80.7 cm³/mol. The molecule has 0 atom stereocenters. The maximum Gasteiger partial charge on any atom is 0.335 e. The first-order chi connectivity index (χ1) is 11.4. The number of esters is 2. The smallest absolute Gasteiger partial charge is 0.335 e. The lowest BCUT2D eigenvalue weighted by atomic mass is 10.1. The first-order valence-electron chi connectivity index (χ1n) is 7.28. The van der Waals surface area contributed by atoms with Crippen molar-refractivity contribution in [2.24, 2.45) is 0 Å². The van der Waals surface area contributed by atoms with Crippen molar-refractivity contribution in [1.82, 2.24) is 0 Å². The second-order valence-electron chi connectivity index (χ2n) is 4.84. The fourth-order valence-corrected chi connectivity index (χ4v) is 1.68. The third-order valence-corrected chi connectivity index (χ3v) is 2.98. The molecule has 0 radical (unpaired) electrons. The average Bonchev–Trinajstić information content (AvgIpc) is 2.56. The zero-order valence-corrected chi connectivity index (χ0v) is 12.9. The van der Waals surface area contributed by atoms with Crippen molar-refractivity contribution in [1.29, 1.82) is 0 Å². The fourth-order valence-electron chi connectivity index (χ4n) is 1.68. The molecule has 8 nitrogen and oxygen atoms in total. The van der Waals surface area contributed by atoms with Gasteiger partial charge in [0.2, 0.25) is 0 Å². The Morgan fingerprint density at radius 2 is 1.08 bits per heavy atom. The monoisotopic (exact) mass is 338 g/mol. The van der Waals surface area contributed by atoms with Crippen LogP contribution in [0.3, 0.4) is 0 Å². The molecule has 1 aromatic rings. The second-order valence-corrected chi connectivity index (χ2v) is 4.84. The Labute approximate surface area is 138 Å². The van der Waals surface area contributed by atoms with Gasteiger partial charge in [-0.2, -0.15) is 0 Å². The zero-order chi connectivity index (χ0) is 17.9. The first-order valence-corrected chi connectivity index (χ1v) is 7.28. The molecule has 0 aliphatic carbocycles. The lowest BCUT2D eigenvalue weighted by molar-refractivity contribution is -0.152. The molecule has 1 aliphatic rings. The molecular formula is C16H18O8. The van der Waals surface area contributed by atoms with Gasteiger partial charge in [-0.1, -0.05) is 0 Å². The lowest BCUT2D eigenvalue weighted by Crippen LogP contribution is -2.14. The predicted octanol–water partition coefficient (Wildman–Crippen LogP) is 1.73. The summed E-state index contributed by atoms with van der Waals surface area (Å²) < 4.78 is 9.64. The van der Waals surface area contributed by atoms with Gasteiger partial charge in [0.1, 0.15) is 0 Å². The van der Waals surface area contributed by atoms with Gasteiger partial charge in [-0.3, -0.25) is 9.59 Å². The highest BCUT2D eigenvalue weighted by Crippen LogP contribution is 2.04. The van der Waals surface area contributed by atoms with Crippen molar-refractivity contribution in [2.45, 2.75) is 25.7 Å². The highest BCUT2D eigenvalue weighted by Gasteiger charge is 2.10. The minimum absolute atomic E-state index is 0.0833. The molecule has 1 aromatic carbocycles. The van der Waals surface area contributed by atoms with Gasteiger partial charge in [0.25, 0.3) is 0 Å². The second kappa shape index (κ2) is 9.98. The summed E-state index contributed by atoms with van der Waals surface area (Å²) in [5, 5.41) is 16.9. The van der Waals surface area contributed by atoms with Crippen LogP contribution in [0.1, 0.15) is 46.4 Å². The van der Waals surface area contributed by atoms with Crippen molar-refractivity contribution < 1.29 is 38.9 Å². The number of rotatable bonds is 2. The molecule has 130 valence electrons. The van der Waals surface area contributed by atoms with Crippen LogP contribution in [0.5, 0.6) is 0 Å². The number of hydrogen-bond acceptors (Lipinski definition) is 6. The maximum atomic E-state index is 10.8. The van der Waals surface area contributed by atoms with Crippen LogP contribution in [0.15, 0.2) is 24.3 Å². The molecule has 0 spiro atoms. The third-order valence-electron chi connectivity index (χ3n) is 2.98. The Morgan fingerprint density at radius 3 is 1.38 bits per heavy atom. The largest absolute Gasteiger partial charge is 0.478 e. The van der Waals surface area contributed by atoms with Crippen molar-refractivity contribution in [3.8, 4) is 0 Å². The molecule has 2 rings (SSSR count). The Balaban J connectivity index is 0.000000240. The molecule has 0 amide bonds. The number of aromatic carboxylic acids is 2. The van der Waals surface area contributed by atoms with Gasteiger partial charge < -0.3 is 19.7 Å². The van der Waals surface area contributed by atoms with E-state index in [-0.39, 0.29) is 35.9 Å². The summed E-state index contributed by atoms with van der Waals surface area (Å²) in [5.41, 5.74) is 0.167. The topological polar surface area (TPSA) is 127 Å². The molecule has 1 aliphatic heterocycles. The van der Waals surface area contributed by atoms with Crippen LogP contribution in [-0.2, 0) is 19.1 Å². The SMILES string of the molecule is O=C(O)c1ccc(C(=O)O)cc1.O=C1CCC(=O)OCCCCO1. The van der Waals surface area contributed by atoms with Crippen LogP contribution in [0.2, 0.25) is 0 Å². The molecule has 1 saturated heterocycles. The molecule has 0 bridgehead atoms. The van der Waals surface area contributed by atoms with E-state index in [1.54, 1.807) is 0 Å². The number of benzene rings is 1. The van der Waals surface area contributed by atoms with Crippen LogP contribution in [0, 0.1) is 0 Å². The highest BCUT2D eigenvalue weighted by molar-refractivity contribution is 5.91. The van der Waals surface area contributed by atoms with Crippen LogP contribution < -0.4 is 0 Å². The van der Waals surface area contributed by atoms with Gasteiger partial charge in [-0.15, -0.1) is 0 Å². The van der Waals surface area contributed by atoms with E-state index in [1.165, 1.54) is 24.3 Å². The minimum atomic E-state index is -1.06. The highest BCUT2D eigenvalue weighted by atomic mass is 16.5. The number of ether oxygens (including phenoxy) is 2. The Morgan fingerprint density at radius 1 is 0.750 bits per heavy atom. The van der Waals surface area contributed by atoms with Crippen molar-refractivity contribution in [3.63, 3.8) is 0 Å². The summed E-state index contributed by atoms with van der Waals surface area (Å²) >= 11 is 0. The number of carboxylic acid groups (broad SMARTS) is 2. The van der Waals surface area contributed by atoms with E-state index in [9.17, 15) is 19.2 Å². The van der Waals surface area contributed by atoms with E-state index in [4.69, 9.17) is 19.7 Å². The summed E-state index contributed by atoms with van der Waals surface area (Å²) in [6.07, 6.45) is 1.80. The van der Waals surface area contributed by atoms with Gasteiger partial charge in [0.05, 0.1) is 37.2 Å². The van der Waals surface area contributed by atoms with Crippen molar-refractivity contribution in [3.05, 3.63) is 35.4 Å². The quantitative estimate of drug-likeness (QED) is 0.780. The van der Waals surface area contributed by atoms with E-state index in [0.717, 1.165) is 12.8 Å². The maximum absolute atomic E-state index is 10.8. The van der Waals surface area contributed by atoms with Gasteiger partial charge in [0.15, 0.2) is 0 Å². The van der Waals surface area contributed by atoms with Crippen molar-refractivity contribution in [2.75, 3.05) is 13.2 Å². The van der Waals surface area contributed by atoms with Gasteiger partial charge in [0, 0.05) is 0 Å².